The summed E-state index contributed by atoms with van der Waals surface area (Å²) >= 11 is 0. The average Bonchev–Trinajstić information content (AvgIpc) is 1.20. The average molecular weight is 1540 g/mol. The Morgan fingerprint density at radius 2 is 0.457 bits per heavy atom. The molecule has 0 aromatic rings. The van der Waals surface area contributed by atoms with Crippen molar-refractivity contribution in [2.24, 2.45) is 5.92 Å². The summed E-state index contributed by atoms with van der Waals surface area (Å²) in [7, 11) is -9.93. The van der Waals surface area contributed by atoms with E-state index in [1.807, 2.05) is 0 Å². The Morgan fingerprint density at radius 3 is 0.676 bits per heavy atom. The molecule has 105 heavy (non-hydrogen) atoms. The van der Waals surface area contributed by atoms with Crippen LogP contribution in [0.1, 0.15) is 465 Å². The second-order valence-electron chi connectivity index (χ2n) is 31.2. The molecule has 0 spiro atoms. The van der Waals surface area contributed by atoms with Crippen LogP contribution in [0, 0.1) is 5.92 Å². The van der Waals surface area contributed by atoms with E-state index in [4.69, 9.17) is 37.0 Å². The number of aliphatic hydroxyl groups is 1. The van der Waals surface area contributed by atoms with Crippen LogP contribution < -0.4 is 0 Å². The normalized spacial score (nSPS) is 14.0. The fourth-order valence-electron chi connectivity index (χ4n) is 13.4. The molecule has 0 saturated carbocycles. The molecule has 3 N–H and O–H groups in total. The summed E-state index contributed by atoms with van der Waals surface area (Å²) in [5.74, 6) is -1.25. The zero-order valence-electron chi connectivity index (χ0n) is 68.9. The number of carbonyl (C=O) groups is 4. The van der Waals surface area contributed by atoms with Crippen molar-refractivity contribution in [3.05, 3.63) is 0 Å². The van der Waals surface area contributed by atoms with E-state index in [1.54, 1.807) is 0 Å². The number of phosphoric acid groups is 2. The minimum Gasteiger partial charge on any atom is -0.462 e. The fraction of sp³-hybridized carbons (Fsp3) is 0.953. The van der Waals surface area contributed by atoms with Gasteiger partial charge in [-0.25, -0.2) is 9.13 Å². The minimum absolute atomic E-state index is 0.109. The number of rotatable bonds is 86. The highest BCUT2D eigenvalue weighted by atomic mass is 31.2. The van der Waals surface area contributed by atoms with E-state index >= 15 is 0 Å². The molecule has 0 rings (SSSR count). The highest BCUT2D eigenvalue weighted by molar-refractivity contribution is 7.47. The molecule has 0 bridgehead atoms. The molecular formula is C86H168O17P2. The van der Waals surface area contributed by atoms with Gasteiger partial charge in [-0.3, -0.25) is 37.3 Å². The number of carbonyl (C=O) groups excluding carboxylic acids is 4. The molecule has 0 aliphatic heterocycles. The van der Waals surface area contributed by atoms with Gasteiger partial charge in [-0.2, -0.15) is 0 Å². The quantitative estimate of drug-likeness (QED) is 0.0222. The molecule has 0 radical (unpaired) electrons. The van der Waals surface area contributed by atoms with Crippen LogP contribution in [0.2, 0.25) is 0 Å². The molecule has 0 aliphatic carbocycles. The van der Waals surface area contributed by atoms with Crippen LogP contribution in [0.4, 0.5) is 0 Å². The second-order valence-corrected chi connectivity index (χ2v) is 34.1. The van der Waals surface area contributed by atoms with Gasteiger partial charge in [-0.15, -0.1) is 0 Å². The summed E-state index contributed by atoms with van der Waals surface area (Å²) in [6.07, 6.45) is 72.1. The third-order valence-corrected chi connectivity index (χ3v) is 22.5. The van der Waals surface area contributed by atoms with Crippen molar-refractivity contribution in [1.82, 2.24) is 0 Å². The van der Waals surface area contributed by atoms with Crippen molar-refractivity contribution >= 4 is 39.5 Å². The molecule has 0 heterocycles. The number of unbranched alkanes of at least 4 members (excludes halogenated alkanes) is 57. The molecule has 3 unspecified atom stereocenters. The van der Waals surface area contributed by atoms with Crippen LogP contribution in [-0.4, -0.2) is 96.7 Å². The van der Waals surface area contributed by atoms with Crippen LogP contribution in [0.25, 0.3) is 0 Å². The zero-order chi connectivity index (χ0) is 76.9. The predicted octanol–water partition coefficient (Wildman–Crippen LogP) is 26.4. The van der Waals surface area contributed by atoms with Crippen molar-refractivity contribution in [3.8, 4) is 0 Å². The van der Waals surface area contributed by atoms with Gasteiger partial charge in [0.1, 0.15) is 19.3 Å². The third-order valence-electron chi connectivity index (χ3n) is 20.6. The Bertz CT molecular complexity index is 2000. The molecule has 0 saturated heterocycles. The van der Waals surface area contributed by atoms with E-state index in [2.05, 4.69) is 34.6 Å². The van der Waals surface area contributed by atoms with Crippen molar-refractivity contribution in [3.63, 3.8) is 0 Å². The number of esters is 4. The Morgan fingerprint density at radius 1 is 0.267 bits per heavy atom. The van der Waals surface area contributed by atoms with Gasteiger partial charge in [0.2, 0.25) is 0 Å². The Balaban J connectivity index is 5.24. The molecule has 17 nitrogen and oxygen atoms in total. The van der Waals surface area contributed by atoms with Gasteiger partial charge >= 0.3 is 39.5 Å². The van der Waals surface area contributed by atoms with E-state index in [1.165, 1.54) is 289 Å². The van der Waals surface area contributed by atoms with Crippen LogP contribution in [0.15, 0.2) is 0 Å². The van der Waals surface area contributed by atoms with Gasteiger partial charge in [-0.05, 0) is 31.6 Å². The summed E-state index contributed by atoms with van der Waals surface area (Å²) in [5.41, 5.74) is 0. The number of hydrogen-bond acceptors (Lipinski definition) is 15. The van der Waals surface area contributed by atoms with Crippen LogP contribution >= 0.6 is 15.6 Å². The summed E-state index contributed by atoms with van der Waals surface area (Å²) in [6, 6.07) is 0. The maximum Gasteiger partial charge on any atom is 0.472 e. The van der Waals surface area contributed by atoms with Gasteiger partial charge in [0.25, 0.3) is 0 Å². The second kappa shape index (κ2) is 78.7. The number of aliphatic hydroxyl groups excluding tert-OH is 1. The van der Waals surface area contributed by atoms with Crippen molar-refractivity contribution < 1.29 is 80.2 Å². The van der Waals surface area contributed by atoms with Crippen LogP contribution in [-0.2, 0) is 65.4 Å². The first-order chi connectivity index (χ1) is 51.1. The monoisotopic (exact) mass is 1540 g/mol. The molecule has 6 atom stereocenters. The number of hydrogen-bond donors (Lipinski definition) is 3. The Labute approximate surface area is 645 Å². The summed E-state index contributed by atoms with van der Waals surface area (Å²) in [5, 5.41) is 10.7. The predicted molar refractivity (Wildman–Crippen MR) is 432 cm³/mol. The summed E-state index contributed by atoms with van der Waals surface area (Å²) < 4.78 is 68.9. The van der Waals surface area contributed by atoms with Gasteiger partial charge in [0.05, 0.1) is 26.4 Å². The maximum atomic E-state index is 13.1. The van der Waals surface area contributed by atoms with E-state index in [0.717, 1.165) is 95.8 Å². The SMILES string of the molecule is CCCCCCCCCCCCCCCCCCCCCCCC(=O)O[C@H](COC(=O)CCCCCCCCCCCCCCCCC(C)CC)COP(=O)(O)OC[C@@H](O)COP(=O)(O)OC[C@@H](COC(=O)CCCCCCCCCCCCC)OC(=O)CCCCCCCCCCCCCCCCC. The Hall–Kier alpha value is -1.94. The largest absolute Gasteiger partial charge is 0.472 e. The highest BCUT2D eigenvalue weighted by Gasteiger charge is 2.30. The van der Waals surface area contributed by atoms with E-state index in [0.29, 0.717) is 25.7 Å². The topological polar surface area (TPSA) is 237 Å². The summed E-state index contributed by atoms with van der Waals surface area (Å²) in [4.78, 5) is 73.2. The van der Waals surface area contributed by atoms with Crippen molar-refractivity contribution in [2.75, 3.05) is 39.6 Å². The maximum absolute atomic E-state index is 13.1. The van der Waals surface area contributed by atoms with Gasteiger partial charge in [0, 0.05) is 25.7 Å². The van der Waals surface area contributed by atoms with E-state index in [9.17, 15) is 43.2 Å². The molecule has 624 valence electrons. The highest BCUT2D eigenvalue weighted by Crippen LogP contribution is 2.45. The number of phosphoric ester groups is 2. The minimum atomic E-state index is -4.97. The van der Waals surface area contributed by atoms with Crippen LogP contribution in [0.3, 0.4) is 0 Å². The number of ether oxygens (including phenoxy) is 4. The Kier molecular flexibility index (Phi) is 77.3. The lowest BCUT2D eigenvalue weighted by Crippen LogP contribution is -2.30. The van der Waals surface area contributed by atoms with E-state index in [-0.39, 0.29) is 25.7 Å². The van der Waals surface area contributed by atoms with Gasteiger partial charge in [-0.1, -0.05) is 413 Å². The third kappa shape index (κ3) is 78.5. The fourth-order valence-corrected chi connectivity index (χ4v) is 15.0. The lowest BCUT2D eigenvalue weighted by molar-refractivity contribution is -0.161. The first-order valence-corrected chi connectivity index (χ1v) is 47.7. The molecular weight excluding hydrogens is 1370 g/mol. The zero-order valence-corrected chi connectivity index (χ0v) is 70.7. The van der Waals surface area contributed by atoms with Crippen molar-refractivity contribution in [1.29, 1.82) is 0 Å². The molecule has 0 amide bonds. The first-order valence-electron chi connectivity index (χ1n) is 44.7. The smallest absolute Gasteiger partial charge is 0.462 e. The molecule has 19 heteroatoms. The lowest BCUT2D eigenvalue weighted by atomic mass is 9.99. The molecule has 0 aromatic heterocycles. The summed E-state index contributed by atoms with van der Waals surface area (Å²) in [6.45, 7) is 7.42. The first kappa shape index (κ1) is 103. The van der Waals surface area contributed by atoms with Gasteiger partial charge in [0.15, 0.2) is 12.2 Å². The molecule has 0 fully saturated rings. The van der Waals surface area contributed by atoms with Crippen molar-refractivity contribution in [2.45, 2.75) is 483 Å². The van der Waals surface area contributed by atoms with Crippen LogP contribution in [0.5, 0.6) is 0 Å². The molecule has 0 aliphatic rings. The molecule has 0 aromatic carbocycles. The van der Waals surface area contributed by atoms with Gasteiger partial charge < -0.3 is 33.8 Å². The lowest BCUT2D eigenvalue weighted by Gasteiger charge is -2.21. The standard InChI is InChI=1S/C86H168O17P2/c1-6-10-13-16-19-22-25-27-29-30-31-32-33-34-36-42-47-52-57-62-67-72-86(91)103-82(76-97-84(89)70-65-60-55-50-45-40-38-37-39-44-48-53-58-63-68-79(5)9-4)78-101-105(94,95)99-74-80(87)73-98-104(92,93)100-77-81(75-96-83(88)69-64-59-54-49-43-24-21-18-15-12-8-3)102-85(90)71-66-61-56-51-46-41-35-28-26-23-20-17-14-11-7-2/h79-82,87H,6-78H2,1-5H3,(H,92,93)(H,94,95)/t79?,80-,81+,82+/m0/s1. The van der Waals surface area contributed by atoms with E-state index < -0.39 is 97.5 Å².